The van der Waals surface area contributed by atoms with Gasteiger partial charge in [-0.2, -0.15) is 0 Å². The molecule has 0 spiro atoms. The van der Waals surface area contributed by atoms with Crippen molar-refractivity contribution in [3.8, 4) is 0 Å². The Labute approximate surface area is 128 Å². The number of nitrogens with one attached hydrogen (secondary N) is 2. The van der Waals surface area contributed by atoms with Gasteiger partial charge in [0, 0.05) is 17.8 Å². The van der Waals surface area contributed by atoms with E-state index in [1.165, 1.54) is 17.6 Å². The molecule has 1 atom stereocenters. The molecule has 1 unspecified atom stereocenters. The van der Waals surface area contributed by atoms with E-state index in [2.05, 4.69) is 29.5 Å². The highest BCUT2D eigenvalue weighted by Gasteiger charge is 2.16. The Kier molecular flexibility index (Phi) is 5.52. The minimum atomic E-state index is -0.171. The van der Waals surface area contributed by atoms with Crippen LogP contribution in [0.25, 0.3) is 0 Å². The zero-order chi connectivity index (χ0) is 15.2. The second kappa shape index (κ2) is 7.38. The number of furan rings is 1. The molecule has 0 radical (unpaired) electrons. The second-order valence-electron chi connectivity index (χ2n) is 4.82. The molecule has 0 bridgehead atoms. The number of hydrogen-bond donors (Lipinski definition) is 2. The van der Waals surface area contributed by atoms with Crippen molar-refractivity contribution in [2.24, 2.45) is 0 Å². The van der Waals surface area contributed by atoms with Crippen molar-refractivity contribution in [3.63, 3.8) is 0 Å². The fourth-order valence-electron chi connectivity index (χ4n) is 1.99. The van der Waals surface area contributed by atoms with Gasteiger partial charge >= 0.3 is 0 Å². The lowest BCUT2D eigenvalue weighted by atomic mass is 10.2. The molecule has 2 aromatic rings. The molecule has 0 aliphatic carbocycles. The van der Waals surface area contributed by atoms with Crippen LogP contribution >= 0.6 is 11.3 Å². The predicted octanol–water partition coefficient (Wildman–Crippen LogP) is 3.61. The average Bonchev–Trinajstić information content (AvgIpc) is 3.13. The SMILES string of the molecule is CCCNC(C)c1csc(NC(=O)c2ccoc2CC)n1. The summed E-state index contributed by atoms with van der Waals surface area (Å²) in [4.78, 5) is 16.6. The highest BCUT2D eigenvalue weighted by molar-refractivity contribution is 7.14. The zero-order valence-electron chi connectivity index (χ0n) is 12.6. The molecule has 2 N–H and O–H groups in total. The quantitative estimate of drug-likeness (QED) is 0.820. The van der Waals surface area contributed by atoms with Gasteiger partial charge in [-0.3, -0.25) is 10.1 Å². The number of nitrogens with zero attached hydrogens (tertiary/aromatic N) is 1. The van der Waals surface area contributed by atoms with E-state index in [0.29, 0.717) is 22.9 Å². The summed E-state index contributed by atoms with van der Waals surface area (Å²) in [5, 5.41) is 8.79. The minimum Gasteiger partial charge on any atom is -0.469 e. The first-order valence-electron chi connectivity index (χ1n) is 7.22. The highest BCUT2D eigenvalue weighted by Crippen LogP contribution is 2.22. The van der Waals surface area contributed by atoms with Gasteiger partial charge in [-0.15, -0.1) is 11.3 Å². The number of rotatable bonds is 7. The van der Waals surface area contributed by atoms with Crippen LogP contribution in [0.5, 0.6) is 0 Å². The molecule has 2 heterocycles. The Morgan fingerprint density at radius 1 is 1.48 bits per heavy atom. The summed E-state index contributed by atoms with van der Waals surface area (Å²) in [5.41, 5.74) is 1.53. The lowest BCUT2D eigenvalue weighted by Gasteiger charge is -2.09. The summed E-state index contributed by atoms with van der Waals surface area (Å²) in [6.07, 6.45) is 3.31. The second-order valence-corrected chi connectivity index (χ2v) is 5.68. The summed E-state index contributed by atoms with van der Waals surface area (Å²) < 4.78 is 5.27. The first kappa shape index (κ1) is 15.7. The Bertz CT molecular complexity index is 591. The molecular formula is C15H21N3O2S. The van der Waals surface area contributed by atoms with E-state index in [1.54, 1.807) is 6.07 Å². The van der Waals surface area contributed by atoms with Gasteiger partial charge in [-0.05, 0) is 26.0 Å². The molecule has 0 aromatic carbocycles. The van der Waals surface area contributed by atoms with Gasteiger partial charge in [0.25, 0.3) is 5.91 Å². The zero-order valence-corrected chi connectivity index (χ0v) is 13.4. The van der Waals surface area contributed by atoms with E-state index < -0.39 is 0 Å². The Hall–Kier alpha value is -1.66. The summed E-state index contributed by atoms with van der Waals surface area (Å²) in [6.45, 7) is 7.11. The third-order valence-electron chi connectivity index (χ3n) is 3.20. The monoisotopic (exact) mass is 307 g/mol. The molecule has 5 nitrogen and oxygen atoms in total. The molecule has 0 aliphatic heterocycles. The van der Waals surface area contributed by atoms with Crippen LogP contribution in [-0.4, -0.2) is 17.4 Å². The molecule has 0 saturated heterocycles. The van der Waals surface area contributed by atoms with Crippen molar-refractivity contribution in [1.29, 1.82) is 0 Å². The van der Waals surface area contributed by atoms with Gasteiger partial charge in [-0.25, -0.2) is 4.98 Å². The lowest BCUT2D eigenvalue weighted by molar-refractivity contribution is 0.102. The maximum Gasteiger partial charge on any atom is 0.260 e. The summed E-state index contributed by atoms with van der Waals surface area (Å²) in [6, 6.07) is 1.88. The fraction of sp³-hybridized carbons (Fsp3) is 0.467. The van der Waals surface area contributed by atoms with Crippen LogP contribution in [0.1, 0.15) is 55.0 Å². The molecule has 2 rings (SSSR count). The van der Waals surface area contributed by atoms with E-state index >= 15 is 0 Å². The third-order valence-corrected chi connectivity index (χ3v) is 3.97. The normalized spacial score (nSPS) is 12.3. The molecule has 114 valence electrons. The smallest absolute Gasteiger partial charge is 0.260 e. The van der Waals surface area contributed by atoms with Crippen molar-refractivity contribution in [1.82, 2.24) is 10.3 Å². The average molecular weight is 307 g/mol. The number of aromatic nitrogens is 1. The van der Waals surface area contributed by atoms with Crippen LogP contribution in [0.4, 0.5) is 5.13 Å². The van der Waals surface area contributed by atoms with Crippen LogP contribution in [0, 0.1) is 0 Å². The number of aryl methyl sites for hydroxylation is 1. The minimum absolute atomic E-state index is 0.171. The number of thiazole rings is 1. The van der Waals surface area contributed by atoms with Crippen LogP contribution in [0.2, 0.25) is 0 Å². The molecule has 21 heavy (non-hydrogen) atoms. The van der Waals surface area contributed by atoms with Gasteiger partial charge in [0.1, 0.15) is 5.76 Å². The lowest BCUT2D eigenvalue weighted by Crippen LogP contribution is -2.19. The van der Waals surface area contributed by atoms with Crippen molar-refractivity contribution in [2.75, 3.05) is 11.9 Å². The van der Waals surface area contributed by atoms with Crippen LogP contribution in [0.15, 0.2) is 22.1 Å². The molecule has 0 saturated carbocycles. The number of carbonyl (C=O) groups is 1. The Morgan fingerprint density at radius 2 is 2.29 bits per heavy atom. The molecule has 2 aromatic heterocycles. The van der Waals surface area contributed by atoms with Crippen LogP contribution in [0.3, 0.4) is 0 Å². The van der Waals surface area contributed by atoms with Crippen molar-refractivity contribution >= 4 is 22.4 Å². The topological polar surface area (TPSA) is 67.2 Å². The summed E-state index contributed by atoms with van der Waals surface area (Å²) in [5.74, 6) is 0.526. The van der Waals surface area contributed by atoms with Crippen LogP contribution in [-0.2, 0) is 6.42 Å². The molecule has 6 heteroatoms. The van der Waals surface area contributed by atoms with Gasteiger partial charge in [0.2, 0.25) is 0 Å². The maximum absolute atomic E-state index is 12.2. The van der Waals surface area contributed by atoms with Gasteiger partial charge in [-0.1, -0.05) is 13.8 Å². The van der Waals surface area contributed by atoms with Crippen molar-refractivity contribution < 1.29 is 9.21 Å². The molecule has 0 aliphatic rings. The Morgan fingerprint density at radius 3 is 3.00 bits per heavy atom. The van der Waals surface area contributed by atoms with Gasteiger partial charge in [0.15, 0.2) is 5.13 Å². The van der Waals surface area contributed by atoms with Gasteiger partial charge < -0.3 is 9.73 Å². The summed E-state index contributed by atoms with van der Waals surface area (Å²) in [7, 11) is 0. The molecule has 0 fully saturated rings. The highest BCUT2D eigenvalue weighted by atomic mass is 32.1. The molecular weight excluding hydrogens is 286 g/mol. The van der Waals surface area contributed by atoms with Crippen LogP contribution < -0.4 is 10.6 Å². The molecule has 1 amide bonds. The van der Waals surface area contributed by atoms with Crippen molar-refractivity contribution in [3.05, 3.63) is 34.7 Å². The van der Waals surface area contributed by atoms with E-state index in [1.807, 2.05) is 12.3 Å². The van der Waals surface area contributed by atoms with E-state index in [9.17, 15) is 4.79 Å². The van der Waals surface area contributed by atoms with E-state index in [-0.39, 0.29) is 11.9 Å². The van der Waals surface area contributed by atoms with E-state index in [0.717, 1.165) is 18.7 Å². The van der Waals surface area contributed by atoms with E-state index in [4.69, 9.17) is 4.42 Å². The predicted molar refractivity (Wildman–Crippen MR) is 84.9 cm³/mol. The maximum atomic E-state index is 12.2. The van der Waals surface area contributed by atoms with Crippen molar-refractivity contribution in [2.45, 2.75) is 39.7 Å². The first-order valence-corrected chi connectivity index (χ1v) is 8.10. The van der Waals surface area contributed by atoms with Gasteiger partial charge in [0.05, 0.1) is 17.5 Å². The summed E-state index contributed by atoms with van der Waals surface area (Å²) >= 11 is 1.44. The number of amides is 1. The largest absolute Gasteiger partial charge is 0.469 e. The first-order chi connectivity index (χ1) is 10.2. The number of carbonyl (C=O) groups excluding carboxylic acids is 1. The number of hydrogen-bond acceptors (Lipinski definition) is 5. The standard InChI is InChI=1S/C15H21N3O2S/c1-4-7-16-10(3)12-9-21-15(17-12)18-14(19)11-6-8-20-13(11)5-2/h6,8-10,16H,4-5,7H2,1-3H3,(H,17,18,19). The number of anilines is 1. The fourth-order valence-corrected chi connectivity index (χ4v) is 2.79. The third kappa shape index (κ3) is 3.92. The Balaban J connectivity index is 2.00.